The van der Waals surface area contributed by atoms with E-state index in [0.717, 1.165) is 25.3 Å². The third-order valence-corrected chi connectivity index (χ3v) is 3.53. The first-order chi connectivity index (χ1) is 8.21. The third-order valence-electron chi connectivity index (χ3n) is 3.53. The first-order valence-corrected chi connectivity index (χ1v) is 6.35. The molecule has 4 nitrogen and oxygen atoms in total. The first-order valence-electron chi connectivity index (χ1n) is 6.35. The molecule has 0 aliphatic carbocycles. The molecule has 4 heteroatoms. The summed E-state index contributed by atoms with van der Waals surface area (Å²) in [6, 6.07) is 0.338. The molecule has 1 rings (SSSR count). The minimum absolute atomic E-state index is 0.00338. The summed E-state index contributed by atoms with van der Waals surface area (Å²) >= 11 is 0. The van der Waals surface area contributed by atoms with E-state index in [1.807, 2.05) is 0 Å². The molecule has 1 heterocycles. The highest BCUT2D eigenvalue weighted by molar-refractivity contribution is 5.78. The van der Waals surface area contributed by atoms with Crippen LogP contribution in [0.4, 0.5) is 0 Å². The lowest BCUT2D eigenvalue weighted by molar-refractivity contribution is -0.123. The molecule has 96 valence electrons. The molecular formula is C13H23N3O. The smallest absolute Gasteiger partial charge is 0.234 e. The number of terminal acetylenes is 1. The maximum Gasteiger partial charge on any atom is 0.234 e. The Bertz CT molecular complexity index is 285. The Morgan fingerprint density at radius 3 is 3.00 bits per heavy atom. The Morgan fingerprint density at radius 1 is 1.65 bits per heavy atom. The normalized spacial score (nSPS) is 25.2. The summed E-state index contributed by atoms with van der Waals surface area (Å²) in [4.78, 5) is 13.8. The Morgan fingerprint density at radius 2 is 2.41 bits per heavy atom. The van der Waals surface area contributed by atoms with Crippen LogP contribution in [-0.2, 0) is 4.79 Å². The second-order valence-electron chi connectivity index (χ2n) is 4.64. The van der Waals surface area contributed by atoms with E-state index >= 15 is 0 Å². The SMILES string of the molecule is C#CCNC(=O)CN1CCC(CC)CC1CN. The Balaban J connectivity index is 2.42. The number of likely N-dealkylation sites (tertiary alicyclic amines) is 1. The van der Waals surface area contributed by atoms with Crippen LogP contribution in [0.2, 0.25) is 0 Å². The molecule has 0 radical (unpaired) electrons. The van der Waals surface area contributed by atoms with Gasteiger partial charge < -0.3 is 11.1 Å². The minimum Gasteiger partial charge on any atom is -0.344 e. The van der Waals surface area contributed by atoms with Crippen LogP contribution >= 0.6 is 0 Å². The molecule has 0 bridgehead atoms. The summed E-state index contributed by atoms with van der Waals surface area (Å²) in [5.74, 6) is 3.16. The van der Waals surface area contributed by atoms with Gasteiger partial charge in [0.2, 0.25) is 5.91 Å². The van der Waals surface area contributed by atoms with Crippen molar-refractivity contribution in [1.82, 2.24) is 10.2 Å². The number of hydrogen-bond donors (Lipinski definition) is 2. The zero-order valence-corrected chi connectivity index (χ0v) is 10.6. The second kappa shape index (κ2) is 7.31. The number of nitrogens with one attached hydrogen (secondary N) is 1. The zero-order valence-electron chi connectivity index (χ0n) is 10.6. The first kappa shape index (κ1) is 14.0. The monoisotopic (exact) mass is 237 g/mol. The standard InChI is InChI=1S/C13H23N3O/c1-3-6-15-13(17)10-16-7-5-11(4-2)8-12(16)9-14/h1,11-12H,4-10,14H2,2H3,(H,15,17). The van der Waals surface area contributed by atoms with Crippen molar-refractivity contribution >= 4 is 5.91 Å². The molecule has 1 saturated heterocycles. The van der Waals surface area contributed by atoms with Gasteiger partial charge in [0.05, 0.1) is 13.1 Å². The van der Waals surface area contributed by atoms with E-state index in [9.17, 15) is 4.79 Å². The van der Waals surface area contributed by atoms with Gasteiger partial charge in [0.25, 0.3) is 0 Å². The van der Waals surface area contributed by atoms with Gasteiger partial charge in [-0.25, -0.2) is 0 Å². The van der Waals surface area contributed by atoms with Crippen molar-refractivity contribution in [2.75, 3.05) is 26.2 Å². The Labute approximate surface area is 104 Å². The fourth-order valence-electron chi connectivity index (χ4n) is 2.40. The average Bonchev–Trinajstić information content (AvgIpc) is 2.36. The molecule has 2 atom stereocenters. The van der Waals surface area contributed by atoms with Gasteiger partial charge in [-0.2, -0.15) is 0 Å². The van der Waals surface area contributed by atoms with Crippen molar-refractivity contribution in [2.45, 2.75) is 32.2 Å². The van der Waals surface area contributed by atoms with Gasteiger partial charge in [-0.3, -0.25) is 9.69 Å². The van der Waals surface area contributed by atoms with Gasteiger partial charge in [0.15, 0.2) is 0 Å². The fraction of sp³-hybridized carbons (Fsp3) is 0.769. The molecule has 2 unspecified atom stereocenters. The molecule has 0 aromatic heterocycles. The molecule has 3 N–H and O–H groups in total. The summed E-state index contributed by atoms with van der Waals surface area (Å²) in [6.45, 7) is 4.52. The van der Waals surface area contributed by atoms with Gasteiger partial charge >= 0.3 is 0 Å². The predicted octanol–water partition coefficient (Wildman–Crippen LogP) is 0.185. The molecule has 0 aromatic carbocycles. The summed E-state index contributed by atoms with van der Waals surface area (Å²) < 4.78 is 0. The van der Waals surface area contributed by atoms with E-state index in [-0.39, 0.29) is 5.91 Å². The molecule has 1 amide bonds. The summed E-state index contributed by atoms with van der Waals surface area (Å²) in [6.07, 6.45) is 8.57. The summed E-state index contributed by atoms with van der Waals surface area (Å²) in [5.41, 5.74) is 5.78. The number of nitrogens with zero attached hydrogens (tertiary/aromatic N) is 1. The van der Waals surface area contributed by atoms with E-state index in [2.05, 4.69) is 23.1 Å². The van der Waals surface area contributed by atoms with E-state index in [4.69, 9.17) is 12.2 Å². The van der Waals surface area contributed by atoms with Crippen LogP contribution in [-0.4, -0.2) is 43.0 Å². The van der Waals surface area contributed by atoms with Crippen molar-refractivity contribution in [3.63, 3.8) is 0 Å². The lowest BCUT2D eigenvalue weighted by Gasteiger charge is -2.38. The Hall–Kier alpha value is -1.05. The van der Waals surface area contributed by atoms with Crippen LogP contribution < -0.4 is 11.1 Å². The lowest BCUT2D eigenvalue weighted by Crippen LogP contribution is -2.50. The molecule has 1 aliphatic rings. The van der Waals surface area contributed by atoms with E-state index in [1.165, 1.54) is 6.42 Å². The Kier molecular flexibility index (Phi) is 6.03. The van der Waals surface area contributed by atoms with Crippen molar-refractivity contribution in [3.05, 3.63) is 0 Å². The fourth-order valence-corrected chi connectivity index (χ4v) is 2.40. The van der Waals surface area contributed by atoms with Gasteiger partial charge in [0.1, 0.15) is 0 Å². The van der Waals surface area contributed by atoms with Crippen LogP contribution in [0.25, 0.3) is 0 Å². The maximum atomic E-state index is 11.6. The van der Waals surface area contributed by atoms with E-state index in [1.54, 1.807) is 0 Å². The highest BCUT2D eigenvalue weighted by Gasteiger charge is 2.27. The molecular weight excluding hydrogens is 214 g/mol. The predicted molar refractivity (Wildman–Crippen MR) is 69.3 cm³/mol. The highest BCUT2D eigenvalue weighted by Crippen LogP contribution is 2.24. The van der Waals surface area contributed by atoms with Crippen molar-refractivity contribution in [3.8, 4) is 12.3 Å². The van der Waals surface area contributed by atoms with Gasteiger partial charge in [-0.1, -0.05) is 19.3 Å². The number of piperidine rings is 1. The lowest BCUT2D eigenvalue weighted by atomic mass is 9.89. The number of amides is 1. The number of nitrogens with two attached hydrogens (primary N) is 1. The topological polar surface area (TPSA) is 58.4 Å². The summed E-state index contributed by atoms with van der Waals surface area (Å²) in [7, 11) is 0. The number of carbonyl (C=O) groups is 1. The van der Waals surface area contributed by atoms with Crippen LogP contribution in [0.5, 0.6) is 0 Å². The molecule has 0 spiro atoms. The molecule has 1 fully saturated rings. The van der Waals surface area contributed by atoms with Crippen LogP contribution in [0, 0.1) is 18.3 Å². The van der Waals surface area contributed by atoms with Crippen molar-refractivity contribution in [2.24, 2.45) is 11.7 Å². The molecule has 0 saturated carbocycles. The molecule has 0 aromatic rings. The number of hydrogen-bond acceptors (Lipinski definition) is 3. The van der Waals surface area contributed by atoms with Crippen molar-refractivity contribution in [1.29, 1.82) is 0 Å². The maximum absolute atomic E-state index is 11.6. The molecule has 17 heavy (non-hydrogen) atoms. The van der Waals surface area contributed by atoms with Gasteiger partial charge in [-0.15, -0.1) is 6.42 Å². The molecule has 1 aliphatic heterocycles. The summed E-state index contributed by atoms with van der Waals surface area (Å²) in [5, 5.41) is 2.69. The van der Waals surface area contributed by atoms with Crippen LogP contribution in [0.15, 0.2) is 0 Å². The largest absolute Gasteiger partial charge is 0.344 e. The number of carbonyl (C=O) groups excluding carboxylic acids is 1. The zero-order chi connectivity index (χ0) is 12.7. The van der Waals surface area contributed by atoms with Crippen LogP contribution in [0.1, 0.15) is 26.2 Å². The quantitative estimate of drug-likeness (QED) is 0.671. The van der Waals surface area contributed by atoms with Crippen molar-refractivity contribution < 1.29 is 4.79 Å². The average molecular weight is 237 g/mol. The highest BCUT2D eigenvalue weighted by atomic mass is 16.2. The van der Waals surface area contributed by atoms with Gasteiger partial charge in [-0.05, 0) is 25.3 Å². The van der Waals surface area contributed by atoms with Crippen LogP contribution in [0.3, 0.4) is 0 Å². The van der Waals surface area contributed by atoms with E-state index < -0.39 is 0 Å². The van der Waals surface area contributed by atoms with E-state index in [0.29, 0.717) is 25.7 Å². The number of rotatable bonds is 5. The second-order valence-corrected chi connectivity index (χ2v) is 4.64. The van der Waals surface area contributed by atoms with Gasteiger partial charge in [0, 0.05) is 12.6 Å². The third kappa shape index (κ3) is 4.37. The minimum atomic E-state index is -0.00338.